The summed E-state index contributed by atoms with van der Waals surface area (Å²) in [5, 5.41) is 1.89. The van der Waals surface area contributed by atoms with Gasteiger partial charge in [-0.2, -0.15) is 4.99 Å². The lowest BCUT2D eigenvalue weighted by Crippen LogP contribution is -2.46. The number of hydrogen-bond acceptors (Lipinski definition) is 4. The van der Waals surface area contributed by atoms with Crippen molar-refractivity contribution >= 4 is 52.1 Å². The Balaban J connectivity index is 1.75. The molecule has 2 heterocycles. The van der Waals surface area contributed by atoms with Crippen LogP contribution in [-0.4, -0.2) is 54.1 Å². The maximum Gasteiger partial charge on any atom is 0.286 e. The lowest BCUT2D eigenvalue weighted by molar-refractivity contribution is -0.113. The molecule has 1 fully saturated rings. The maximum absolute atomic E-state index is 12.1. The predicted molar refractivity (Wildman–Crippen MR) is 93.5 cm³/mol. The highest BCUT2D eigenvalue weighted by molar-refractivity contribution is 8.18. The normalized spacial score (nSPS) is 21.6. The molecule has 0 saturated carbocycles. The van der Waals surface area contributed by atoms with Gasteiger partial charge in [0.05, 0.1) is 4.91 Å². The third-order valence-electron chi connectivity index (χ3n) is 3.63. The Morgan fingerprint density at radius 3 is 2.64 bits per heavy atom. The molecule has 1 amide bonds. The zero-order valence-electron chi connectivity index (χ0n) is 12.1. The number of carbonyl (C=O) groups excluding carboxylic acids is 1. The number of thioether (sulfide) groups is 1. The molecule has 7 heteroatoms. The van der Waals surface area contributed by atoms with Crippen LogP contribution in [0, 0.1) is 0 Å². The van der Waals surface area contributed by atoms with E-state index in [0.29, 0.717) is 15.0 Å². The minimum absolute atomic E-state index is 0.204. The molecule has 0 aliphatic carbocycles. The van der Waals surface area contributed by atoms with E-state index < -0.39 is 0 Å². The third-order valence-corrected chi connectivity index (χ3v) is 5.24. The van der Waals surface area contributed by atoms with Crippen LogP contribution in [0.3, 0.4) is 0 Å². The summed E-state index contributed by atoms with van der Waals surface area (Å²) in [6.07, 6.45) is 1.78. The van der Waals surface area contributed by atoms with E-state index in [9.17, 15) is 4.79 Å². The highest BCUT2D eigenvalue weighted by Crippen LogP contribution is 2.32. The Labute approximate surface area is 143 Å². The number of aliphatic imine (C=N–C) groups is 1. The number of benzene rings is 1. The van der Waals surface area contributed by atoms with Crippen molar-refractivity contribution in [2.75, 3.05) is 33.2 Å². The molecule has 1 saturated heterocycles. The van der Waals surface area contributed by atoms with E-state index in [4.69, 9.17) is 23.2 Å². The van der Waals surface area contributed by atoms with Gasteiger partial charge in [-0.3, -0.25) is 4.79 Å². The highest BCUT2D eigenvalue weighted by atomic mass is 35.5. The fourth-order valence-electron chi connectivity index (χ4n) is 2.29. The lowest BCUT2D eigenvalue weighted by Gasteiger charge is -2.32. The molecule has 0 unspecified atom stereocenters. The first kappa shape index (κ1) is 15.9. The summed E-state index contributed by atoms with van der Waals surface area (Å²) in [7, 11) is 2.10. The molecule has 2 aliphatic heterocycles. The average Bonchev–Trinajstić information content (AvgIpc) is 2.84. The molecule has 0 aromatic heterocycles. The van der Waals surface area contributed by atoms with Gasteiger partial charge in [0.15, 0.2) is 5.17 Å². The van der Waals surface area contributed by atoms with Crippen LogP contribution in [0.5, 0.6) is 0 Å². The molecule has 0 N–H and O–H groups in total. The van der Waals surface area contributed by atoms with E-state index in [1.54, 1.807) is 24.3 Å². The molecular weight excluding hydrogens is 341 g/mol. The zero-order chi connectivity index (χ0) is 15.7. The van der Waals surface area contributed by atoms with Crippen molar-refractivity contribution in [1.82, 2.24) is 9.80 Å². The van der Waals surface area contributed by atoms with Crippen molar-refractivity contribution in [1.29, 1.82) is 0 Å². The molecular formula is C15H15Cl2N3OS. The Kier molecular flexibility index (Phi) is 4.78. The highest BCUT2D eigenvalue weighted by Gasteiger charge is 2.27. The second-order valence-electron chi connectivity index (χ2n) is 5.27. The van der Waals surface area contributed by atoms with Crippen molar-refractivity contribution < 1.29 is 4.79 Å². The van der Waals surface area contributed by atoms with Gasteiger partial charge in [-0.05, 0) is 42.6 Å². The Bertz CT molecular complexity index is 667. The van der Waals surface area contributed by atoms with Gasteiger partial charge in [0.1, 0.15) is 0 Å². The second-order valence-corrected chi connectivity index (χ2v) is 7.12. The monoisotopic (exact) mass is 355 g/mol. The van der Waals surface area contributed by atoms with Crippen LogP contribution in [-0.2, 0) is 4.79 Å². The summed E-state index contributed by atoms with van der Waals surface area (Å²) in [6, 6.07) is 5.23. The van der Waals surface area contributed by atoms with Crippen molar-refractivity contribution in [2.45, 2.75) is 0 Å². The van der Waals surface area contributed by atoms with Crippen LogP contribution < -0.4 is 0 Å². The van der Waals surface area contributed by atoms with Gasteiger partial charge in [-0.1, -0.05) is 29.3 Å². The molecule has 2 aliphatic rings. The van der Waals surface area contributed by atoms with E-state index >= 15 is 0 Å². The quantitative estimate of drug-likeness (QED) is 0.724. The number of amidine groups is 1. The standard InChI is InChI=1S/C15H15Cl2N3OS/c1-19-4-6-20(7-5-19)15-18-14(21)13(22-15)8-10-2-3-11(16)9-12(10)17/h2-3,8-9H,4-7H2,1H3/b13-8+. The number of likely N-dealkylation sites (N-methyl/N-ethyl adjacent to an activating group) is 1. The predicted octanol–water partition coefficient (Wildman–Crippen LogP) is 3.21. The molecule has 0 bridgehead atoms. The number of nitrogens with zero attached hydrogens (tertiary/aromatic N) is 3. The summed E-state index contributed by atoms with van der Waals surface area (Å²) in [6.45, 7) is 3.75. The molecule has 1 aromatic carbocycles. The number of rotatable bonds is 1. The van der Waals surface area contributed by atoms with Crippen LogP contribution >= 0.6 is 35.0 Å². The molecule has 1 aromatic rings. The molecule has 0 radical (unpaired) electrons. The fraction of sp³-hybridized carbons (Fsp3) is 0.333. The molecule has 22 heavy (non-hydrogen) atoms. The van der Waals surface area contributed by atoms with Crippen molar-refractivity contribution in [3.8, 4) is 0 Å². The minimum Gasteiger partial charge on any atom is -0.348 e. The average molecular weight is 356 g/mol. The van der Waals surface area contributed by atoms with E-state index in [2.05, 4.69) is 21.8 Å². The van der Waals surface area contributed by atoms with Gasteiger partial charge in [0.25, 0.3) is 5.91 Å². The Hall–Kier alpha value is -1.01. The van der Waals surface area contributed by atoms with E-state index in [1.807, 2.05) is 0 Å². The first-order chi connectivity index (χ1) is 10.5. The lowest BCUT2D eigenvalue weighted by atomic mass is 10.2. The number of amides is 1. The first-order valence-corrected chi connectivity index (χ1v) is 8.51. The largest absolute Gasteiger partial charge is 0.348 e. The number of halogens is 2. The van der Waals surface area contributed by atoms with Crippen LogP contribution in [0.4, 0.5) is 0 Å². The summed E-state index contributed by atoms with van der Waals surface area (Å²) >= 11 is 13.5. The minimum atomic E-state index is -0.204. The second kappa shape index (κ2) is 6.62. The van der Waals surface area contributed by atoms with Crippen LogP contribution in [0.15, 0.2) is 28.1 Å². The molecule has 116 valence electrons. The van der Waals surface area contributed by atoms with E-state index in [0.717, 1.165) is 36.9 Å². The van der Waals surface area contributed by atoms with E-state index in [-0.39, 0.29) is 5.91 Å². The van der Waals surface area contributed by atoms with E-state index in [1.165, 1.54) is 11.8 Å². The smallest absolute Gasteiger partial charge is 0.286 e. The number of piperazine rings is 1. The van der Waals surface area contributed by atoms with Crippen LogP contribution in [0.2, 0.25) is 10.0 Å². The summed E-state index contributed by atoms with van der Waals surface area (Å²) in [4.78, 5) is 21.3. The number of carbonyl (C=O) groups is 1. The molecule has 3 rings (SSSR count). The van der Waals surface area contributed by atoms with Crippen molar-refractivity contribution in [3.05, 3.63) is 38.7 Å². The van der Waals surface area contributed by atoms with Gasteiger partial charge >= 0.3 is 0 Å². The van der Waals surface area contributed by atoms with Gasteiger partial charge in [-0.15, -0.1) is 0 Å². The van der Waals surface area contributed by atoms with Crippen molar-refractivity contribution in [3.63, 3.8) is 0 Å². The van der Waals surface area contributed by atoms with Crippen LogP contribution in [0.25, 0.3) is 6.08 Å². The van der Waals surface area contributed by atoms with Gasteiger partial charge < -0.3 is 9.80 Å². The molecule has 0 atom stereocenters. The summed E-state index contributed by atoms with van der Waals surface area (Å²) in [5.41, 5.74) is 0.775. The number of hydrogen-bond donors (Lipinski definition) is 0. The van der Waals surface area contributed by atoms with Crippen molar-refractivity contribution in [2.24, 2.45) is 4.99 Å². The third kappa shape index (κ3) is 3.49. The maximum atomic E-state index is 12.1. The Morgan fingerprint density at radius 2 is 1.95 bits per heavy atom. The summed E-state index contributed by atoms with van der Waals surface area (Å²) < 4.78 is 0. The summed E-state index contributed by atoms with van der Waals surface area (Å²) in [5.74, 6) is -0.204. The van der Waals surface area contributed by atoms with Gasteiger partial charge in [-0.25, -0.2) is 0 Å². The Morgan fingerprint density at radius 1 is 1.23 bits per heavy atom. The van der Waals surface area contributed by atoms with Gasteiger partial charge in [0, 0.05) is 36.2 Å². The zero-order valence-corrected chi connectivity index (χ0v) is 14.4. The molecule has 4 nitrogen and oxygen atoms in total. The topological polar surface area (TPSA) is 35.9 Å². The fourth-order valence-corrected chi connectivity index (χ4v) is 3.71. The van der Waals surface area contributed by atoms with Crippen LogP contribution in [0.1, 0.15) is 5.56 Å². The molecule has 0 spiro atoms. The SMILES string of the molecule is CN1CCN(C2=NC(=O)/C(=C\c3ccc(Cl)cc3Cl)S2)CC1. The first-order valence-electron chi connectivity index (χ1n) is 6.94. The van der Waals surface area contributed by atoms with Gasteiger partial charge in [0.2, 0.25) is 0 Å².